The minimum Gasteiger partial charge on any atom is -0.396 e. The maximum Gasteiger partial charge on any atom is 0.147 e. The third-order valence-corrected chi connectivity index (χ3v) is 2.80. The van der Waals surface area contributed by atoms with Gasteiger partial charge in [-0.1, -0.05) is 0 Å². The second kappa shape index (κ2) is 4.32. The van der Waals surface area contributed by atoms with Gasteiger partial charge < -0.3 is 5.73 Å². The SMILES string of the molecule is Nc1ccc(S(=O)CCF)cc1F. The third kappa shape index (κ3) is 2.48. The van der Waals surface area contributed by atoms with Gasteiger partial charge in [-0.25, -0.2) is 4.39 Å². The van der Waals surface area contributed by atoms with E-state index < -0.39 is 23.3 Å². The van der Waals surface area contributed by atoms with Crippen LogP contribution in [0.4, 0.5) is 14.5 Å². The molecule has 1 rings (SSSR count). The number of nitrogen functional groups attached to an aromatic ring is 1. The fraction of sp³-hybridized carbons (Fsp3) is 0.250. The number of anilines is 1. The van der Waals surface area contributed by atoms with Gasteiger partial charge in [0.1, 0.15) is 12.5 Å². The lowest BCUT2D eigenvalue weighted by atomic mass is 10.3. The molecule has 1 aromatic carbocycles. The third-order valence-electron chi connectivity index (χ3n) is 1.50. The summed E-state index contributed by atoms with van der Waals surface area (Å²) in [7, 11) is -1.47. The molecule has 13 heavy (non-hydrogen) atoms. The van der Waals surface area contributed by atoms with Crippen LogP contribution in [0, 0.1) is 5.82 Å². The number of hydrogen-bond donors (Lipinski definition) is 1. The number of nitrogens with two attached hydrogens (primary N) is 1. The lowest BCUT2D eigenvalue weighted by Gasteiger charge is -2.01. The van der Waals surface area contributed by atoms with Crippen molar-refractivity contribution in [1.82, 2.24) is 0 Å². The Morgan fingerprint density at radius 3 is 2.69 bits per heavy atom. The second-order valence-corrected chi connectivity index (χ2v) is 3.99. The predicted molar refractivity (Wildman–Crippen MR) is 48.1 cm³/mol. The molecule has 0 saturated carbocycles. The zero-order valence-corrected chi connectivity index (χ0v) is 7.61. The quantitative estimate of drug-likeness (QED) is 0.759. The Kier molecular flexibility index (Phi) is 3.36. The summed E-state index contributed by atoms with van der Waals surface area (Å²) in [6.45, 7) is -0.682. The molecular weight excluding hydrogens is 196 g/mol. The van der Waals surface area contributed by atoms with Gasteiger partial charge in [0.15, 0.2) is 0 Å². The molecule has 0 aliphatic rings. The molecule has 0 bridgehead atoms. The maximum atomic E-state index is 12.8. The zero-order chi connectivity index (χ0) is 9.84. The molecule has 0 spiro atoms. The average Bonchev–Trinajstić information content (AvgIpc) is 2.10. The van der Waals surface area contributed by atoms with Gasteiger partial charge in [-0.05, 0) is 18.2 Å². The van der Waals surface area contributed by atoms with Gasteiger partial charge in [-0.2, -0.15) is 0 Å². The molecule has 0 heterocycles. The molecule has 0 aliphatic heterocycles. The van der Waals surface area contributed by atoms with Crippen molar-refractivity contribution in [3.05, 3.63) is 24.0 Å². The Labute approximate surface area is 77.2 Å². The van der Waals surface area contributed by atoms with Crippen LogP contribution in [0.3, 0.4) is 0 Å². The predicted octanol–water partition coefficient (Wildman–Crippen LogP) is 1.49. The standard InChI is InChI=1S/C8H9F2NOS/c9-3-4-13(12)6-1-2-8(11)7(10)5-6/h1-2,5H,3-4,11H2. The minimum absolute atomic E-state index is 0.000925. The molecule has 0 radical (unpaired) electrons. The summed E-state index contributed by atoms with van der Waals surface area (Å²) in [5.41, 5.74) is 5.22. The van der Waals surface area contributed by atoms with Crippen molar-refractivity contribution >= 4 is 16.5 Å². The number of alkyl halides is 1. The normalized spacial score (nSPS) is 12.8. The second-order valence-electron chi connectivity index (χ2n) is 2.42. The first kappa shape index (κ1) is 10.1. The molecule has 2 nitrogen and oxygen atoms in total. The monoisotopic (exact) mass is 205 g/mol. The van der Waals surface area contributed by atoms with Gasteiger partial charge >= 0.3 is 0 Å². The summed E-state index contributed by atoms with van der Waals surface area (Å²) in [5.74, 6) is -0.728. The first-order valence-electron chi connectivity index (χ1n) is 3.64. The van der Waals surface area contributed by atoms with Crippen molar-refractivity contribution in [3.8, 4) is 0 Å². The fourth-order valence-corrected chi connectivity index (χ4v) is 1.67. The fourth-order valence-electron chi connectivity index (χ4n) is 0.837. The Morgan fingerprint density at radius 2 is 2.15 bits per heavy atom. The van der Waals surface area contributed by atoms with Crippen molar-refractivity contribution in [2.45, 2.75) is 4.90 Å². The summed E-state index contributed by atoms with van der Waals surface area (Å²) in [4.78, 5) is 0.268. The zero-order valence-electron chi connectivity index (χ0n) is 6.80. The summed E-state index contributed by atoms with van der Waals surface area (Å²) in [5, 5.41) is 0. The van der Waals surface area contributed by atoms with E-state index in [2.05, 4.69) is 0 Å². The molecule has 0 amide bonds. The molecule has 1 atom stereocenters. The summed E-state index contributed by atoms with van der Waals surface area (Å²) in [6, 6.07) is 3.83. The Bertz CT molecular complexity index is 330. The van der Waals surface area contributed by atoms with E-state index in [1.165, 1.54) is 12.1 Å². The smallest absolute Gasteiger partial charge is 0.147 e. The number of halogens is 2. The van der Waals surface area contributed by atoms with E-state index in [1.54, 1.807) is 0 Å². The van der Waals surface area contributed by atoms with Gasteiger partial charge in [-0.3, -0.25) is 8.60 Å². The van der Waals surface area contributed by atoms with Crippen LogP contribution in [-0.2, 0) is 10.8 Å². The topological polar surface area (TPSA) is 43.1 Å². The lowest BCUT2D eigenvalue weighted by Crippen LogP contribution is -2.01. The van der Waals surface area contributed by atoms with Crippen LogP contribution in [0.1, 0.15) is 0 Å². The lowest BCUT2D eigenvalue weighted by molar-refractivity contribution is 0.528. The minimum atomic E-state index is -1.47. The molecule has 2 N–H and O–H groups in total. The van der Waals surface area contributed by atoms with Crippen LogP contribution in [0.5, 0.6) is 0 Å². The van der Waals surface area contributed by atoms with Crippen LogP contribution < -0.4 is 5.73 Å². The van der Waals surface area contributed by atoms with E-state index in [1.807, 2.05) is 0 Å². The highest BCUT2D eigenvalue weighted by Crippen LogP contribution is 2.14. The summed E-state index contributed by atoms with van der Waals surface area (Å²) in [6.07, 6.45) is 0. The highest BCUT2D eigenvalue weighted by molar-refractivity contribution is 7.85. The van der Waals surface area contributed by atoms with Gasteiger partial charge in [-0.15, -0.1) is 0 Å². The van der Waals surface area contributed by atoms with Crippen molar-refractivity contribution in [2.24, 2.45) is 0 Å². The molecule has 1 unspecified atom stereocenters. The van der Waals surface area contributed by atoms with Crippen molar-refractivity contribution in [3.63, 3.8) is 0 Å². The molecular formula is C8H9F2NOS. The molecule has 0 aliphatic carbocycles. The van der Waals surface area contributed by atoms with E-state index >= 15 is 0 Å². The van der Waals surface area contributed by atoms with E-state index in [0.717, 1.165) is 6.07 Å². The Morgan fingerprint density at radius 1 is 1.46 bits per heavy atom. The van der Waals surface area contributed by atoms with Crippen LogP contribution >= 0.6 is 0 Å². The largest absolute Gasteiger partial charge is 0.396 e. The van der Waals surface area contributed by atoms with E-state index in [9.17, 15) is 13.0 Å². The molecule has 0 saturated heterocycles. The molecule has 0 fully saturated rings. The van der Waals surface area contributed by atoms with Gasteiger partial charge in [0.05, 0.1) is 22.2 Å². The van der Waals surface area contributed by atoms with Crippen LogP contribution in [0.25, 0.3) is 0 Å². The summed E-state index contributed by atoms with van der Waals surface area (Å²) >= 11 is 0. The Hall–Kier alpha value is -0.970. The number of rotatable bonds is 3. The molecule has 1 aromatic rings. The first-order valence-corrected chi connectivity index (χ1v) is 4.96. The number of benzene rings is 1. The summed E-state index contributed by atoms with van der Waals surface area (Å²) < 4.78 is 35.8. The molecule has 72 valence electrons. The van der Waals surface area contributed by atoms with Crippen LogP contribution in [-0.4, -0.2) is 16.6 Å². The molecule has 5 heteroatoms. The maximum absolute atomic E-state index is 12.8. The van der Waals surface area contributed by atoms with E-state index in [0.29, 0.717) is 0 Å². The van der Waals surface area contributed by atoms with Crippen LogP contribution in [0.15, 0.2) is 23.1 Å². The van der Waals surface area contributed by atoms with E-state index in [4.69, 9.17) is 5.73 Å². The van der Waals surface area contributed by atoms with Crippen molar-refractivity contribution in [2.75, 3.05) is 18.2 Å². The first-order chi connectivity index (χ1) is 6.15. The Balaban J connectivity index is 2.90. The van der Waals surface area contributed by atoms with Gasteiger partial charge in [0, 0.05) is 4.90 Å². The van der Waals surface area contributed by atoms with Gasteiger partial charge in [0.2, 0.25) is 0 Å². The number of hydrogen-bond acceptors (Lipinski definition) is 2. The van der Waals surface area contributed by atoms with Crippen LogP contribution in [0.2, 0.25) is 0 Å². The highest BCUT2D eigenvalue weighted by Gasteiger charge is 2.06. The van der Waals surface area contributed by atoms with Crippen molar-refractivity contribution < 1.29 is 13.0 Å². The highest BCUT2D eigenvalue weighted by atomic mass is 32.2. The van der Waals surface area contributed by atoms with Crippen molar-refractivity contribution in [1.29, 1.82) is 0 Å². The van der Waals surface area contributed by atoms with E-state index in [-0.39, 0.29) is 16.3 Å². The van der Waals surface area contributed by atoms with Gasteiger partial charge in [0.25, 0.3) is 0 Å². The average molecular weight is 205 g/mol. The molecule has 0 aromatic heterocycles.